The maximum atomic E-state index is 12.6. The third-order valence-electron chi connectivity index (χ3n) is 3.83. The van der Waals surface area contributed by atoms with Crippen LogP contribution in [0, 0.1) is 6.92 Å². The fourth-order valence-corrected chi connectivity index (χ4v) is 2.57. The molecule has 4 nitrogen and oxygen atoms in total. The Labute approximate surface area is 136 Å². The molecule has 2 rings (SSSR count). The minimum Gasteiger partial charge on any atom is -0.326 e. The van der Waals surface area contributed by atoms with Crippen molar-refractivity contribution in [3.63, 3.8) is 0 Å². The zero-order chi connectivity index (χ0) is 16.8. The molecule has 120 valence electrons. The summed E-state index contributed by atoms with van der Waals surface area (Å²) < 4.78 is 0. The van der Waals surface area contributed by atoms with Crippen LogP contribution in [0.1, 0.15) is 37.3 Å². The molecule has 0 saturated carbocycles. The van der Waals surface area contributed by atoms with Gasteiger partial charge < -0.3 is 10.6 Å². The Hall–Kier alpha value is -2.62. The number of anilines is 2. The van der Waals surface area contributed by atoms with Crippen molar-refractivity contribution in [1.82, 2.24) is 0 Å². The van der Waals surface area contributed by atoms with E-state index in [1.807, 2.05) is 62.4 Å². The Bertz CT molecular complexity index is 696. The van der Waals surface area contributed by atoms with Crippen molar-refractivity contribution in [2.75, 3.05) is 10.6 Å². The van der Waals surface area contributed by atoms with Crippen molar-refractivity contribution in [1.29, 1.82) is 0 Å². The highest BCUT2D eigenvalue weighted by molar-refractivity contribution is 5.98. The number of hydrogen-bond acceptors (Lipinski definition) is 2. The highest BCUT2D eigenvalue weighted by Crippen LogP contribution is 2.26. The predicted molar refractivity (Wildman–Crippen MR) is 93.6 cm³/mol. The maximum absolute atomic E-state index is 12.6. The van der Waals surface area contributed by atoms with E-state index in [1.54, 1.807) is 0 Å². The summed E-state index contributed by atoms with van der Waals surface area (Å²) in [6.07, 6.45) is 0.723. The number of carbonyl (C=O) groups excluding carboxylic acids is 2. The monoisotopic (exact) mass is 310 g/mol. The summed E-state index contributed by atoms with van der Waals surface area (Å²) >= 11 is 0. The van der Waals surface area contributed by atoms with E-state index in [1.165, 1.54) is 6.92 Å². The molecule has 2 N–H and O–H groups in total. The quantitative estimate of drug-likeness (QED) is 0.874. The van der Waals surface area contributed by atoms with Gasteiger partial charge >= 0.3 is 0 Å². The van der Waals surface area contributed by atoms with E-state index >= 15 is 0 Å². The Balaban J connectivity index is 2.21. The third kappa shape index (κ3) is 4.19. The molecule has 2 amide bonds. The lowest BCUT2D eigenvalue weighted by Gasteiger charge is -2.18. The topological polar surface area (TPSA) is 58.2 Å². The predicted octanol–water partition coefficient (Wildman–Crippen LogP) is 4.09. The Morgan fingerprint density at radius 3 is 2.13 bits per heavy atom. The van der Waals surface area contributed by atoms with Gasteiger partial charge in [0.15, 0.2) is 0 Å². The molecule has 0 saturated heterocycles. The summed E-state index contributed by atoms with van der Waals surface area (Å²) in [4.78, 5) is 23.9. The van der Waals surface area contributed by atoms with Crippen molar-refractivity contribution in [3.05, 3.63) is 59.7 Å². The fourth-order valence-electron chi connectivity index (χ4n) is 2.57. The van der Waals surface area contributed by atoms with E-state index in [0.29, 0.717) is 5.69 Å². The molecule has 0 aliphatic carbocycles. The number of benzene rings is 2. The van der Waals surface area contributed by atoms with Gasteiger partial charge in [0.2, 0.25) is 11.8 Å². The number of amides is 2. The Morgan fingerprint density at radius 2 is 1.57 bits per heavy atom. The van der Waals surface area contributed by atoms with Gasteiger partial charge in [-0.1, -0.05) is 43.3 Å². The SMILES string of the molecule is CCC(C(=O)Nc1cccc(NC(C)=O)c1C)c1ccccc1. The van der Waals surface area contributed by atoms with Crippen LogP contribution in [0.5, 0.6) is 0 Å². The molecule has 0 aromatic heterocycles. The molecule has 1 unspecified atom stereocenters. The van der Waals surface area contributed by atoms with Crippen LogP contribution in [-0.4, -0.2) is 11.8 Å². The van der Waals surface area contributed by atoms with Crippen LogP contribution < -0.4 is 10.6 Å². The van der Waals surface area contributed by atoms with E-state index in [4.69, 9.17) is 0 Å². The smallest absolute Gasteiger partial charge is 0.231 e. The molecular formula is C19H22N2O2. The van der Waals surface area contributed by atoms with Crippen molar-refractivity contribution in [2.45, 2.75) is 33.1 Å². The van der Waals surface area contributed by atoms with Gasteiger partial charge in [0, 0.05) is 18.3 Å². The van der Waals surface area contributed by atoms with E-state index in [9.17, 15) is 9.59 Å². The highest BCUT2D eigenvalue weighted by Gasteiger charge is 2.19. The minimum absolute atomic E-state index is 0.0400. The summed E-state index contributed by atoms with van der Waals surface area (Å²) in [5.41, 5.74) is 3.28. The maximum Gasteiger partial charge on any atom is 0.231 e. The molecule has 0 aliphatic rings. The van der Waals surface area contributed by atoms with E-state index in [0.717, 1.165) is 23.2 Å². The molecule has 0 radical (unpaired) electrons. The Morgan fingerprint density at radius 1 is 0.957 bits per heavy atom. The zero-order valence-electron chi connectivity index (χ0n) is 13.7. The van der Waals surface area contributed by atoms with Crippen LogP contribution in [0.3, 0.4) is 0 Å². The normalized spacial score (nSPS) is 11.6. The van der Waals surface area contributed by atoms with Crippen molar-refractivity contribution in [3.8, 4) is 0 Å². The van der Waals surface area contributed by atoms with Gasteiger partial charge in [-0.2, -0.15) is 0 Å². The second-order valence-electron chi connectivity index (χ2n) is 5.52. The second-order valence-corrected chi connectivity index (χ2v) is 5.52. The van der Waals surface area contributed by atoms with Gasteiger partial charge in [-0.05, 0) is 36.6 Å². The first-order chi connectivity index (χ1) is 11.0. The molecule has 2 aromatic rings. The first-order valence-electron chi connectivity index (χ1n) is 7.76. The largest absolute Gasteiger partial charge is 0.326 e. The van der Waals surface area contributed by atoms with Crippen LogP contribution in [-0.2, 0) is 9.59 Å². The highest BCUT2D eigenvalue weighted by atomic mass is 16.2. The van der Waals surface area contributed by atoms with Crippen LogP contribution in [0.2, 0.25) is 0 Å². The van der Waals surface area contributed by atoms with E-state index in [2.05, 4.69) is 10.6 Å². The van der Waals surface area contributed by atoms with Gasteiger partial charge in [-0.15, -0.1) is 0 Å². The number of rotatable bonds is 5. The summed E-state index contributed by atoms with van der Waals surface area (Å²) in [6, 6.07) is 15.2. The van der Waals surface area contributed by atoms with Gasteiger partial charge in [-0.25, -0.2) is 0 Å². The zero-order valence-corrected chi connectivity index (χ0v) is 13.7. The van der Waals surface area contributed by atoms with Crippen molar-refractivity contribution < 1.29 is 9.59 Å². The number of nitrogens with one attached hydrogen (secondary N) is 2. The second kappa shape index (κ2) is 7.58. The molecular weight excluding hydrogens is 288 g/mol. The third-order valence-corrected chi connectivity index (χ3v) is 3.83. The summed E-state index contributed by atoms with van der Waals surface area (Å²) in [5, 5.41) is 5.75. The molecule has 0 bridgehead atoms. The molecule has 0 heterocycles. The lowest BCUT2D eigenvalue weighted by molar-refractivity contribution is -0.117. The summed E-state index contributed by atoms with van der Waals surface area (Å²) in [7, 11) is 0. The fraction of sp³-hybridized carbons (Fsp3) is 0.263. The first kappa shape index (κ1) is 16.7. The molecule has 0 aliphatic heterocycles. The van der Waals surface area contributed by atoms with E-state index in [-0.39, 0.29) is 17.7 Å². The molecule has 2 aromatic carbocycles. The van der Waals surface area contributed by atoms with Gasteiger partial charge in [0.25, 0.3) is 0 Å². The molecule has 23 heavy (non-hydrogen) atoms. The Kier molecular flexibility index (Phi) is 5.52. The molecule has 0 fully saturated rings. The van der Waals surface area contributed by atoms with Crippen LogP contribution in [0.15, 0.2) is 48.5 Å². The molecule has 0 spiro atoms. The van der Waals surface area contributed by atoms with Gasteiger partial charge in [0.05, 0.1) is 5.92 Å². The average Bonchev–Trinajstić information content (AvgIpc) is 2.52. The van der Waals surface area contributed by atoms with Gasteiger partial charge in [0.1, 0.15) is 0 Å². The summed E-state index contributed by atoms with van der Waals surface area (Å²) in [5.74, 6) is -0.367. The summed E-state index contributed by atoms with van der Waals surface area (Å²) in [6.45, 7) is 5.34. The van der Waals surface area contributed by atoms with Crippen molar-refractivity contribution in [2.24, 2.45) is 0 Å². The molecule has 4 heteroatoms. The van der Waals surface area contributed by atoms with Crippen LogP contribution >= 0.6 is 0 Å². The van der Waals surface area contributed by atoms with Gasteiger partial charge in [-0.3, -0.25) is 9.59 Å². The number of carbonyl (C=O) groups is 2. The lowest BCUT2D eigenvalue weighted by Crippen LogP contribution is -2.21. The molecule has 1 atom stereocenters. The first-order valence-corrected chi connectivity index (χ1v) is 7.76. The van der Waals surface area contributed by atoms with Crippen LogP contribution in [0.25, 0.3) is 0 Å². The van der Waals surface area contributed by atoms with Crippen LogP contribution in [0.4, 0.5) is 11.4 Å². The average molecular weight is 310 g/mol. The minimum atomic E-state index is -0.194. The van der Waals surface area contributed by atoms with E-state index < -0.39 is 0 Å². The lowest BCUT2D eigenvalue weighted by atomic mass is 9.95. The number of hydrogen-bond donors (Lipinski definition) is 2. The van der Waals surface area contributed by atoms with Crippen molar-refractivity contribution >= 4 is 23.2 Å². The standard InChI is InChI=1S/C19H22N2O2/c1-4-16(15-9-6-5-7-10-15)19(23)21-18-12-8-11-17(13(18)2)20-14(3)22/h5-12,16H,4H2,1-3H3,(H,20,22)(H,21,23).